The molecule has 0 amide bonds. The molecule has 2 aliphatic heterocycles. The zero-order chi connectivity index (χ0) is 18.3. The number of aliphatic hydroxyl groups excluding tert-OH is 1. The topological polar surface area (TPSA) is 66.8 Å². The summed E-state index contributed by atoms with van der Waals surface area (Å²) in [7, 11) is 1.36. The second-order valence-corrected chi connectivity index (χ2v) is 7.18. The van der Waals surface area contributed by atoms with E-state index in [1.807, 2.05) is 6.92 Å². The molecule has 1 saturated heterocycles. The Morgan fingerprint density at radius 2 is 2.19 bits per heavy atom. The van der Waals surface area contributed by atoms with Crippen molar-refractivity contribution in [3.05, 3.63) is 59.0 Å². The number of carbonyl (C=O) groups excluding carboxylic acids is 1. The normalized spacial score (nSPS) is 27.2. The van der Waals surface area contributed by atoms with Gasteiger partial charge in [0.05, 0.1) is 37.7 Å². The third-order valence-electron chi connectivity index (χ3n) is 6.04. The highest BCUT2D eigenvalue weighted by atomic mass is 16.5. The summed E-state index contributed by atoms with van der Waals surface area (Å²) in [5.41, 5.74) is 5.42. The van der Waals surface area contributed by atoms with Crippen molar-refractivity contribution in [2.24, 2.45) is 5.92 Å². The molecule has 0 saturated carbocycles. The van der Waals surface area contributed by atoms with E-state index in [0.29, 0.717) is 11.6 Å². The van der Waals surface area contributed by atoms with Crippen LogP contribution in [0.2, 0.25) is 0 Å². The highest BCUT2D eigenvalue weighted by Gasteiger charge is 2.43. The number of aromatic nitrogens is 1. The van der Waals surface area contributed by atoms with Gasteiger partial charge in [-0.2, -0.15) is 0 Å². The van der Waals surface area contributed by atoms with E-state index in [2.05, 4.69) is 35.3 Å². The molecule has 2 aromatic rings. The molecule has 3 heterocycles. The van der Waals surface area contributed by atoms with Crippen LogP contribution in [0.1, 0.15) is 30.6 Å². The Balaban J connectivity index is 1.75. The van der Waals surface area contributed by atoms with Gasteiger partial charge in [0.2, 0.25) is 0 Å². The molecule has 26 heavy (non-hydrogen) atoms. The van der Waals surface area contributed by atoms with Gasteiger partial charge in [-0.25, -0.2) is 4.79 Å². The van der Waals surface area contributed by atoms with Crippen molar-refractivity contribution in [2.45, 2.75) is 25.8 Å². The number of nitrogens with one attached hydrogen (secondary N) is 2. The second-order valence-electron chi connectivity index (χ2n) is 7.18. The fraction of sp³-hybridized carbons (Fsp3) is 0.381. The molecular formula is C21H25N2O3+. The summed E-state index contributed by atoms with van der Waals surface area (Å²) in [6.07, 6.45) is 4.86. The summed E-state index contributed by atoms with van der Waals surface area (Å²) in [5, 5.41) is 11.0. The summed E-state index contributed by atoms with van der Waals surface area (Å²) in [6, 6.07) is 8.74. The van der Waals surface area contributed by atoms with Crippen LogP contribution < -0.4 is 4.90 Å². The van der Waals surface area contributed by atoms with E-state index < -0.39 is 5.97 Å². The van der Waals surface area contributed by atoms with Crippen LogP contribution >= 0.6 is 0 Å². The Morgan fingerprint density at radius 1 is 1.38 bits per heavy atom. The lowest BCUT2D eigenvalue weighted by molar-refractivity contribution is -0.934. The first-order valence-electron chi connectivity index (χ1n) is 9.19. The molecule has 3 atom stereocenters. The van der Waals surface area contributed by atoms with Crippen LogP contribution in [0.5, 0.6) is 0 Å². The molecule has 3 unspecified atom stereocenters. The fourth-order valence-electron chi connectivity index (χ4n) is 4.75. The number of quaternary nitrogens is 1. The highest BCUT2D eigenvalue weighted by Crippen LogP contribution is 2.37. The van der Waals surface area contributed by atoms with Crippen LogP contribution in [0.3, 0.4) is 0 Å². The van der Waals surface area contributed by atoms with E-state index in [1.54, 1.807) is 0 Å². The number of para-hydroxylation sites is 1. The van der Waals surface area contributed by atoms with Gasteiger partial charge in [-0.1, -0.05) is 24.3 Å². The van der Waals surface area contributed by atoms with Crippen LogP contribution in [0.4, 0.5) is 0 Å². The van der Waals surface area contributed by atoms with Crippen molar-refractivity contribution in [3.8, 4) is 0 Å². The summed E-state index contributed by atoms with van der Waals surface area (Å²) in [5.74, 6) is -0.559. The molecule has 1 aromatic heterocycles. The highest BCUT2D eigenvalue weighted by molar-refractivity contribution is 5.89. The van der Waals surface area contributed by atoms with Gasteiger partial charge < -0.3 is 19.7 Å². The van der Waals surface area contributed by atoms with Crippen molar-refractivity contribution < 1.29 is 19.5 Å². The molecule has 0 radical (unpaired) electrons. The third-order valence-corrected chi connectivity index (χ3v) is 6.04. The van der Waals surface area contributed by atoms with Gasteiger partial charge in [0, 0.05) is 29.7 Å². The average molecular weight is 353 g/mol. The Bertz CT molecular complexity index is 909. The van der Waals surface area contributed by atoms with Crippen LogP contribution in [-0.4, -0.2) is 36.3 Å². The van der Waals surface area contributed by atoms with Gasteiger partial charge in [-0.15, -0.1) is 0 Å². The number of benzene rings is 1. The molecule has 3 N–H and O–H groups in total. The molecule has 1 fully saturated rings. The van der Waals surface area contributed by atoms with E-state index in [9.17, 15) is 9.90 Å². The van der Waals surface area contributed by atoms with E-state index in [1.165, 1.54) is 39.7 Å². The minimum atomic E-state index is -0.451. The molecule has 1 aromatic carbocycles. The Hall–Kier alpha value is -2.53. The van der Waals surface area contributed by atoms with Gasteiger partial charge in [0.1, 0.15) is 6.04 Å². The smallest absolute Gasteiger partial charge is 0.337 e. The molecule has 0 spiro atoms. The maximum Gasteiger partial charge on any atom is 0.337 e. The number of carbonyl (C=O) groups is 1. The first kappa shape index (κ1) is 16.9. The number of fused-ring (bicyclic) bond motifs is 5. The number of aliphatic hydroxyl groups is 1. The lowest BCUT2D eigenvalue weighted by atomic mass is 9.78. The molecule has 0 aliphatic carbocycles. The van der Waals surface area contributed by atoms with Gasteiger partial charge in [-0.05, 0) is 24.1 Å². The molecule has 5 nitrogen and oxygen atoms in total. The number of aromatic amines is 1. The number of methoxy groups -OCH3 is 1. The molecule has 5 heteroatoms. The van der Waals surface area contributed by atoms with Crippen molar-refractivity contribution in [1.82, 2.24) is 4.98 Å². The van der Waals surface area contributed by atoms with Crippen LogP contribution in [0, 0.1) is 5.92 Å². The van der Waals surface area contributed by atoms with Crippen LogP contribution in [0.15, 0.2) is 47.7 Å². The summed E-state index contributed by atoms with van der Waals surface area (Å²) in [4.78, 5) is 17.3. The number of ether oxygens (including phenoxy) is 1. The van der Waals surface area contributed by atoms with E-state index in [0.717, 1.165) is 32.2 Å². The lowest BCUT2D eigenvalue weighted by Gasteiger charge is -2.40. The maximum atomic E-state index is 12.2. The molecule has 4 rings (SSSR count). The van der Waals surface area contributed by atoms with E-state index in [4.69, 9.17) is 4.74 Å². The van der Waals surface area contributed by atoms with E-state index >= 15 is 0 Å². The number of allylic oxidation sites excluding steroid dienone is 1. The number of hydrogen-bond donors (Lipinski definition) is 3. The standard InChI is InChI=1S/C21H24N2O3/c1-3-13-11-23-9-8-15-14-6-4-5-7-18(14)22-20(15)19(23)10-16(13)17(12-24)21(25)26-2/h3-7,12,16,19,22,24H,8-11H2,1-2H3/p+1. The van der Waals surface area contributed by atoms with Crippen LogP contribution in [0.25, 0.3) is 10.9 Å². The second kappa shape index (κ2) is 6.65. The summed E-state index contributed by atoms with van der Waals surface area (Å²) >= 11 is 0. The fourth-order valence-corrected chi connectivity index (χ4v) is 4.75. The number of esters is 1. The van der Waals surface area contributed by atoms with Crippen molar-refractivity contribution in [1.29, 1.82) is 0 Å². The molecule has 136 valence electrons. The predicted molar refractivity (Wildman–Crippen MR) is 100 cm³/mol. The largest absolute Gasteiger partial charge is 0.515 e. The number of H-pyrrole nitrogens is 1. The third kappa shape index (κ3) is 2.54. The quantitative estimate of drug-likeness (QED) is 0.336. The average Bonchev–Trinajstić information content (AvgIpc) is 3.07. The van der Waals surface area contributed by atoms with Crippen molar-refractivity contribution >= 4 is 16.9 Å². The van der Waals surface area contributed by atoms with Crippen molar-refractivity contribution in [3.63, 3.8) is 0 Å². The number of piperidine rings is 1. The van der Waals surface area contributed by atoms with Gasteiger partial charge in [0.15, 0.2) is 0 Å². The molecule has 2 aliphatic rings. The Kier molecular flexibility index (Phi) is 4.32. The number of hydrogen-bond acceptors (Lipinski definition) is 3. The first-order chi connectivity index (χ1) is 12.7. The van der Waals surface area contributed by atoms with E-state index in [-0.39, 0.29) is 5.92 Å². The lowest BCUT2D eigenvalue weighted by Crippen LogP contribution is -3.14. The minimum absolute atomic E-state index is 0.108. The minimum Gasteiger partial charge on any atom is -0.515 e. The maximum absolute atomic E-state index is 12.2. The predicted octanol–water partition coefficient (Wildman–Crippen LogP) is 2.23. The SMILES string of the molecule is CC=C1C[NH+]2CCc3c([nH]c4ccccc34)C2CC1C(=CO)C(=O)OC. The zero-order valence-corrected chi connectivity index (χ0v) is 15.2. The molecule has 0 bridgehead atoms. The Labute approximate surface area is 153 Å². The summed E-state index contributed by atoms with van der Waals surface area (Å²) < 4.78 is 4.89. The van der Waals surface area contributed by atoms with Gasteiger partial charge in [0.25, 0.3) is 0 Å². The first-order valence-corrected chi connectivity index (χ1v) is 9.19. The summed E-state index contributed by atoms with van der Waals surface area (Å²) in [6.45, 7) is 3.97. The van der Waals surface area contributed by atoms with Gasteiger partial charge >= 0.3 is 5.97 Å². The van der Waals surface area contributed by atoms with Gasteiger partial charge in [-0.3, -0.25) is 0 Å². The van der Waals surface area contributed by atoms with Crippen molar-refractivity contribution in [2.75, 3.05) is 20.2 Å². The zero-order valence-electron chi connectivity index (χ0n) is 15.2. The van der Waals surface area contributed by atoms with Crippen LogP contribution in [-0.2, 0) is 16.0 Å². The Morgan fingerprint density at radius 3 is 2.92 bits per heavy atom. The monoisotopic (exact) mass is 353 g/mol. The number of rotatable bonds is 2. The molecular weight excluding hydrogens is 328 g/mol.